The molecule has 2 aromatic rings. The van der Waals surface area contributed by atoms with E-state index in [-0.39, 0.29) is 19.1 Å². The summed E-state index contributed by atoms with van der Waals surface area (Å²) < 4.78 is 12.8. The SMILES string of the molecule is Cc1ccc(C(C)C)c(OCC(=O)NNC(=O)COc2c(C)cc(Br)cc2Br)c1. The van der Waals surface area contributed by atoms with Crippen molar-refractivity contribution in [1.29, 1.82) is 0 Å². The normalized spacial score (nSPS) is 10.6. The Balaban J connectivity index is 1.81. The number of hydrogen-bond donors (Lipinski definition) is 2. The number of hydrogen-bond acceptors (Lipinski definition) is 4. The number of aryl methyl sites for hydroxylation is 2. The van der Waals surface area contributed by atoms with Crippen molar-refractivity contribution < 1.29 is 19.1 Å². The van der Waals surface area contributed by atoms with Gasteiger partial charge in [-0.25, -0.2) is 0 Å². The van der Waals surface area contributed by atoms with Crippen molar-refractivity contribution in [2.75, 3.05) is 13.2 Å². The molecule has 0 radical (unpaired) electrons. The van der Waals surface area contributed by atoms with Gasteiger partial charge in [-0.1, -0.05) is 41.9 Å². The number of amides is 2. The van der Waals surface area contributed by atoms with Crippen molar-refractivity contribution >= 4 is 43.7 Å². The van der Waals surface area contributed by atoms with Crippen LogP contribution in [0.25, 0.3) is 0 Å². The highest BCUT2D eigenvalue weighted by Crippen LogP contribution is 2.32. The second kappa shape index (κ2) is 10.6. The first-order valence-electron chi connectivity index (χ1n) is 9.07. The second-order valence-electron chi connectivity index (χ2n) is 6.90. The smallest absolute Gasteiger partial charge is 0.276 e. The molecule has 0 saturated carbocycles. The highest BCUT2D eigenvalue weighted by Gasteiger charge is 2.12. The van der Waals surface area contributed by atoms with Gasteiger partial charge < -0.3 is 9.47 Å². The molecule has 0 aromatic heterocycles. The fourth-order valence-electron chi connectivity index (χ4n) is 2.61. The molecule has 8 heteroatoms. The fraction of sp³-hybridized carbons (Fsp3) is 0.333. The summed E-state index contributed by atoms with van der Waals surface area (Å²) in [6.45, 7) is 7.51. The molecular weight excluding hydrogens is 504 g/mol. The lowest BCUT2D eigenvalue weighted by atomic mass is 10.0. The Labute approximate surface area is 187 Å². The third kappa shape index (κ3) is 7.04. The Hall–Kier alpha value is -2.06. The molecule has 0 unspecified atom stereocenters. The van der Waals surface area contributed by atoms with Crippen molar-refractivity contribution in [2.24, 2.45) is 0 Å². The van der Waals surface area contributed by atoms with Gasteiger partial charge in [-0.05, 0) is 70.6 Å². The van der Waals surface area contributed by atoms with E-state index in [0.717, 1.165) is 25.6 Å². The molecule has 6 nitrogen and oxygen atoms in total. The summed E-state index contributed by atoms with van der Waals surface area (Å²) in [4.78, 5) is 24.0. The van der Waals surface area contributed by atoms with Gasteiger partial charge in [-0.3, -0.25) is 20.4 Å². The molecule has 2 N–H and O–H groups in total. The van der Waals surface area contributed by atoms with Crippen molar-refractivity contribution in [3.63, 3.8) is 0 Å². The Kier molecular flexibility index (Phi) is 8.52. The van der Waals surface area contributed by atoms with Crippen LogP contribution in [0, 0.1) is 13.8 Å². The van der Waals surface area contributed by atoms with Gasteiger partial charge in [0.1, 0.15) is 11.5 Å². The molecule has 2 aromatic carbocycles. The van der Waals surface area contributed by atoms with E-state index >= 15 is 0 Å². The van der Waals surface area contributed by atoms with Gasteiger partial charge in [0, 0.05) is 4.47 Å². The van der Waals surface area contributed by atoms with Crippen LogP contribution in [0.1, 0.15) is 36.5 Å². The maximum atomic E-state index is 12.0. The van der Waals surface area contributed by atoms with E-state index in [1.165, 1.54) is 0 Å². The molecule has 0 aliphatic rings. The van der Waals surface area contributed by atoms with Gasteiger partial charge >= 0.3 is 0 Å². The number of nitrogens with one attached hydrogen (secondary N) is 2. The zero-order valence-electron chi connectivity index (χ0n) is 16.8. The first-order chi connectivity index (χ1) is 13.7. The van der Waals surface area contributed by atoms with Crippen molar-refractivity contribution in [2.45, 2.75) is 33.6 Å². The molecule has 0 atom stereocenters. The van der Waals surface area contributed by atoms with Crippen molar-refractivity contribution in [1.82, 2.24) is 10.9 Å². The minimum atomic E-state index is -0.481. The van der Waals surface area contributed by atoms with Crippen LogP contribution in [0.2, 0.25) is 0 Å². The summed E-state index contributed by atoms with van der Waals surface area (Å²) in [5.41, 5.74) is 7.59. The van der Waals surface area contributed by atoms with Gasteiger partial charge in [-0.15, -0.1) is 0 Å². The van der Waals surface area contributed by atoms with Crippen LogP contribution < -0.4 is 20.3 Å². The van der Waals surface area contributed by atoms with E-state index in [2.05, 4.69) is 56.6 Å². The Morgan fingerprint density at radius 2 is 1.59 bits per heavy atom. The van der Waals surface area contributed by atoms with Gasteiger partial charge in [0.2, 0.25) is 0 Å². The summed E-state index contributed by atoms with van der Waals surface area (Å²) in [7, 11) is 0. The molecule has 0 aliphatic carbocycles. The number of hydrazine groups is 1. The molecule has 0 bridgehead atoms. The van der Waals surface area contributed by atoms with E-state index < -0.39 is 11.8 Å². The standard InChI is InChI=1S/C21H24Br2N2O4/c1-12(2)16-6-5-13(3)7-18(16)28-10-19(26)24-25-20(27)11-29-21-14(4)8-15(22)9-17(21)23/h5-9,12H,10-11H2,1-4H3,(H,24,26)(H,25,27). The van der Waals surface area contributed by atoms with Crippen LogP contribution in [0.3, 0.4) is 0 Å². The first kappa shape index (κ1) is 23.2. The summed E-state index contributed by atoms with van der Waals surface area (Å²) >= 11 is 6.79. The monoisotopic (exact) mass is 526 g/mol. The molecule has 0 saturated heterocycles. The van der Waals surface area contributed by atoms with Crippen LogP contribution in [0.15, 0.2) is 39.3 Å². The average molecular weight is 528 g/mol. The van der Waals surface area contributed by atoms with Crippen LogP contribution in [0.4, 0.5) is 0 Å². The van der Waals surface area contributed by atoms with E-state index in [1.54, 1.807) is 0 Å². The number of rotatable bonds is 7. The van der Waals surface area contributed by atoms with Crippen molar-refractivity contribution in [3.8, 4) is 11.5 Å². The molecule has 0 heterocycles. The molecule has 156 valence electrons. The predicted molar refractivity (Wildman–Crippen MR) is 119 cm³/mol. The second-order valence-corrected chi connectivity index (χ2v) is 8.67. The Morgan fingerprint density at radius 3 is 2.17 bits per heavy atom. The summed E-state index contributed by atoms with van der Waals surface area (Å²) in [5, 5.41) is 0. The number of carbonyl (C=O) groups excluding carboxylic acids is 2. The van der Waals surface area contributed by atoms with Crippen LogP contribution >= 0.6 is 31.9 Å². The third-order valence-electron chi connectivity index (χ3n) is 4.03. The van der Waals surface area contributed by atoms with E-state index in [9.17, 15) is 9.59 Å². The number of halogens is 2. The van der Waals surface area contributed by atoms with Gasteiger partial charge in [0.05, 0.1) is 4.47 Å². The molecule has 2 amide bonds. The van der Waals surface area contributed by atoms with Crippen LogP contribution in [0.5, 0.6) is 11.5 Å². The fourth-order valence-corrected chi connectivity index (χ4v) is 4.16. The number of ether oxygens (including phenoxy) is 2. The molecule has 2 rings (SSSR count). The lowest BCUT2D eigenvalue weighted by molar-refractivity contribution is -0.131. The molecular formula is C21H24Br2N2O4. The third-order valence-corrected chi connectivity index (χ3v) is 5.08. The van der Waals surface area contributed by atoms with Crippen LogP contribution in [-0.4, -0.2) is 25.0 Å². The Bertz CT molecular complexity index is 877. The van der Waals surface area contributed by atoms with Gasteiger partial charge in [0.15, 0.2) is 13.2 Å². The maximum absolute atomic E-state index is 12.0. The van der Waals surface area contributed by atoms with E-state index in [0.29, 0.717) is 11.5 Å². The molecule has 0 spiro atoms. The summed E-state index contributed by atoms with van der Waals surface area (Å²) in [5.74, 6) is 0.563. The molecule has 0 aliphatic heterocycles. The lowest BCUT2D eigenvalue weighted by Crippen LogP contribution is -2.45. The Morgan fingerprint density at radius 1 is 0.966 bits per heavy atom. The first-order valence-corrected chi connectivity index (χ1v) is 10.7. The molecule has 29 heavy (non-hydrogen) atoms. The largest absolute Gasteiger partial charge is 0.483 e. The van der Waals surface area contributed by atoms with Gasteiger partial charge in [0.25, 0.3) is 11.8 Å². The highest BCUT2D eigenvalue weighted by molar-refractivity contribution is 9.11. The predicted octanol–water partition coefficient (Wildman–Crippen LogP) is 4.56. The van der Waals surface area contributed by atoms with Crippen molar-refractivity contribution in [3.05, 3.63) is 56.0 Å². The zero-order valence-corrected chi connectivity index (χ0v) is 19.9. The topological polar surface area (TPSA) is 76.7 Å². The van der Waals surface area contributed by atoms with Crippen LogP contribution in [-0.2, 0) is 9.59 Å². The summed E-state index contributed by atoms with van der Waals surface area (Å²) in [6, 6.07) is 9.61. The highest BCUT2D eigenvalue weighted by atomic mass is 79.9. The number of benzene rings is 2. The number of carbonyl (C=O) groups is 2. The lowest BCUT2D eigenvalue weighted by Gasteiger charge is -2.15. The zero-order chi connectivity index (χ0) is 21.6. The van der Waals surface area contributed by atoms with E-state index in [1.807, 2.05) is 44.2 Å². The minimum Gasteiger partial charge on any atom is -0.483 e. The molecule has 0 fully saturated rings. The quantitative estimate of drug-likeness (QED) is 0.517. The minimum absolute atomic E-state index is 0.207. The van der Waals surface area contributed by atoms with E-state index in [4.69, 9.17) is 9.47 Å². The maximum Gasteiger partial charge on any atom is 0.276 e. The van der Waals surface area contributed by atoms with Gasteiger partial charge in [-0.2, -0.15) is 0 Å². The average Bonchev–Trinajstić information content (AvgIpc) is 2.63. The summed E-state index contributed by atoms with van der Waals surface area (Å²) in [6.07, 6.45) is 0.